The van der Waals surface area contributed by atoms with Gasteiger partial charge in [-0.15, -0.1) is 0 Å². The van der Waals surface area contributed by atoms with E-state index in [1.54, 1.807) is 69.3 Å². The molecule has 2 N–H and O–H groups in total. The highest BCUT2D eigenvalue weighted by Crippen LogP contribution is 2.29. The fourth-order valence-corrected chi connectivity index (χ4v) is 4.28. The van der Waals surface area contributed by atoms with Crippen molar-refractivity contribution in [1.82, 2.24) is 15.5 Å². The summed E-state index contributed by atoms with van der Waals surface area (Å²) in [5, 5.41) is 4.56. The lowest BCUT2D eigenvalue weighted by molar-refractivity contribution is -0.174. The lowest BCUT2D eigenvalue weighted by Gasteiger charge is -2.35. The van der Waals surface area contributed by atoms with Crippen molar-refractivity contribution in [3.05, 3.63) is 71.8 Å². The van der Waals surface area contributed by atoms with Crippen molar-refractivity contribution in [3.8, 4) is 0 Å². The largest absolute Gasteiger partial charge is 0.471 e. The molecule has 0 spiro atoms. The van der Waals surface area contributed by atoms with E-state index in [1.165, 1.54) is 4.90 Å². The van der Waals surface area contributed by atoms with Gasteiger partial charge < -0.3 is 20.1 Å². The zero-order valence-corrected chi connectivity index (χ0v) is 21.5. The van der Waals surface area contributed by atoms with Crippen LogP contribution in [0.3, 0.4) is 0 Å². The number of rotatable bonds is 7. The van der Waals surface area contributed by atoms with Crippen LogP contribution in [0.4, 0.5) is 22.8 Å². The Balaban J connectivity index is 1.88. The van der Waals surface area contributed by atoms with Crippen LogP contribution in [0.1, 0.15) is 44.7 Å². The maximum Gasteiger partial charge on any atom is 0.471 e. The van der Waals surface area contributed by atoms with Gasteiger partial charge in [0.25, 0.3) is 0 Å². The summed E-state index contributed by atoms with van der Waals surface area (Å²) in [7, 11) is 0. The lowest BCUT2D eigenvalue weighted by atomic mass is 10.1. The van der Waals surface area contributed by atoms with Crippen molar-refractivity contribution in [2.45, 2.75) is 76.7 Å². The Labute approximate surface area is 219 Å². The zero-order chi connectivity index (χ0) is 27.9. The predicted molar refractivity (Wildman–Crippen MR) is 133 cm³/mol. The summed E-state index contributed by atoms with van der Waals surface area (Å²) in [5.74, 6) is -2.12. The SMILES string of the molecule is CC(C)(C)OC(=O)N[C@@H]1[C@H](N(Cc2ccccc2)C(=O)OCc2ccccc2)CC[C@H]1NC(=O)C(F)(F)F. The molecule has 1 aliphatic rings. The molecule has 8 nitrogen and oxygen atoms in total. The zero-order valence-electron chi connectivity index (χ0n) is 21.5. The summed E-state index contributed by atoms with van der Waals surface area (Å²) >= 11 is 0. The second-order valence-electron chi connectivity index (χ2n) is 10.0. The van der Waals surface area contributed by atoms with Gasteiger partial charge in [-0.2, -0.15) is 13.2 Å². The molecule has 3 rings (SSSR count). The Hall–Kier alpha value is -3.76. The topological polar surface area (TPSA) is 97.0 Å². The summed E-state index contributed by atoms with van der Waals surface area (Å²) in [6.07, 6.45) is -6.40. The second kappa shape index (κ2) is 12.2. The number of hydrogen-bond acceptors (Lipinski definition) is 5. The minimum Gasteiger partial charge on any atom is -0.445 e. The van der Waals surface area contributed by atoms with E-state index in [9.17, 15) is 27.6 Å². The van der Waals surface area contributed by atoms with Crippen molar-refractivity contribution >= 4 is 18.1 Å². The van der Waals surface area contributed by atoms with Gasteiger partial charge in [-0.1, -0.05) is 60.7 Å². The van der Waals surface area contributed by atoms with Crippen LogP contribution in [0.15, 0.2) is 60.7 Å². The first kappa shape index (κ1) is 28.8. The van der Waals surface area contributed by atoms with Gasteiger partial charge in [0.1, 0.15) is 12.2 Å². The van der Waals surface area contributed by atoms with E-state index in [0.717, 1.165) is 11.1 Å². The molecule has 1 fully saturated rings. The number of nitrogens with zero attached hydrogens (tertiary/aromatic N) is 1. The molecule has 11 heteroatoms. The maximum absolute atomic E-state index is 13.3. The molecule has 206 valence electrons. The van der Waals surface area contributed by atoms with Gasteiger partial charge in [-0.3, -0.25) is 9.69 Å². The van der Waals surface area contributed by atoms with Gasteiger partial charge in [-0.05, 0) is 44.7 Å². The summed E-state index contributed by atoms with van der Waals surface area (Å²) in [5.41, 5.74) is 0.634. The number of amides is 3. The molecule has 1 aliphatic carbocycles. The third-order valence-corrected chi connectivity index (χ3v) is 5.91. The number of alkyl carbamates (subject to hydrolysis) is 1. The number of ether oxygens (including phenoxy) is 2. The first-order valence-electron chi connectivity index (χ1n) is 12.2. The van der Waals surface area contributed by atoms with E-state index in [0.29, 0.717) is 0 Å². The highest BCUT2D eigenvalue weighted by molar-refractivity contribution is 5.82. The van der Waals surface area contributed by atoms with E-state index < -0.39 is 48.0 Å². The van der Waals surface area contributed by atoms with Crippen LogP contribution in [-0.2, 0) is 27.4 Å². The molecule has 0 heterocycles. The average Bonchev–Trinajstić information content (AvgIpc) is 3.22. The van der Waals surface area contributed by atoms with Gasteiger partial charge in [-0.25, -0.2) is 9.59 Å². The first-order chi connectivity index (χ1) is 17.8. The molecule has 0 unspecified atom stereocenters. The van der Waals surface area contributed by atoms with Gasteiger partial charge in [0.2, 0.25) is 0 Å². The van der Waals surface area contributed by atoms with Crippen LogP contribution in [0.25, 0.3) is 0 Å². The van der Waals surface area contributed by atoms with Crippen molar-refractivity contribution < 1.29 is 37.0 Å². The number of halogens is 3. The van der Waals surface area contributed by atoms with Crippen LogP contribution < -0.4 is 10.6 Å². The predicted octanol–water partition coefficient (Wildman–Crippen LogP) is 4.93. The van der Waals surface area contributed by atoms with Crippen molar-refractivity contribution in [2.24, 2.45) is 0 Å². The molecule has 2 aromatic rings. The third-order valence-electron chi connectivity index (χ3n) is 5.91. The van der Waals surface area contributed by atoms with E-state index in [4.69, 9.17) is 9.47 Å². The van der Waals surface area contributed by atoms with Crippen molar-refractivity contribution in [2.75, 3.05) is 0 Å². The van der Waals surface area contributed by atoms with Gasteiger partial charge >= 0.3 is 24.3 Å². The van der Waals surface area contributed by atoms with Crippen LogP contribution in [-0.4, -0.2) is 52.9 Å². The molecule has 1 saturated carbocycles. The number of carbonyl (C=O) groups excluding carboxylic acids is 3. The van der Waals surface area contributed by atoms with Gasteiger partial charge in [0, 0.05) is 6.54 Å². The smallest absolute Gasteiger partial charge is 0.445 e. The number of carbonyl (C=O) groups is 3. The third kappa shape index (κ3) is 8.39. The molecule has 2 aromatic carbocycles. The quantitative estimate of drug-likeness (QED) is 0.524. The fourth-order valence-electron chi connectivity index (χ4n) is 4.28. The van der Waals surface area contributed by atoms with E-state index in [-0.39, 0.29) is 26.0 Å². The minimum atomic E-state index is -5.10. The highest BCUT2D eigenvalue weighted by Gasteiger charge is 2.47. The van der Waals surface area contributed by atoms with Crippen LogP contribution in [0.2, 0.25) is 0 Å². The van der Waals surface area contributed by atoms with Crippen LogP contribution >= 0.6 is 0 Å². The Morgan fingerprint density at radius 1 is 0.895 bits per heavy atom. The van der Waals surface area contributed by atoms with E-state index in [1.807, 2.05) is 17.4 Å². The minimum absolute atomic E-state index is 0.0178. The number of nitrogens with one attached hydrogen (secondary N) is 2. The molecule has 38 heavy (non-hydrogen) atoms. The second-order valence-corrected chi connectivity index (χ2v) is 10.0. The molecular formula is C27H32F3N3O5. The average molecular weight is 536 g/mol. The Morgan fingerprint density at radius 2 is 1.47 bits per heavy atom. The lowest BCUT2D eigenvalue weighted by Crippen LogP contribution is -2.59. The Morgan fingerprint density at radius 3 is 2.03 bits per heavy atom. The van der Waals surface area contributed by atoms with Gasteiger partial charge in [0.05, 0.1) is 18.1 Å². The standard InChI is InChI=1S/C27H32F3N3O5/c1-26(2,3)38-24(35)32-22-20(31-23(34)27(28,29)30)14-15-21(22)33(16-18-10-6-4-7-11-18)25(36)37-17-19-12-8-5-9-13-19/h4-13,20-22H,14-17H2,1-3H3,(H,31,34)(H,32,35)/t20-,21-,22+/m1/s1. The monoisotopic (exact) mass is 535 g/mol. The normalized spacial score (nSPS) is 19.4. The summed E-state index contributed by atoms with van der Waals surface area (Å²) in [6, 6.07) is 15.1. The van der Waals surface area contributed by atoms with Crippen molar-refractivity contribution in [3.63, 3.8) is 0 Å². The molecule has 0 aliphatic heterocycles. The first-order valence-corrected chi connectivity index (χ1v) is 12.2. The molecular weight excluding hydrogens is 503 g/mol. The van der Waals surface area contributed by atoms with Crippen LogP contribution in [0.5, 0.6) is 0 Å². The molecule has 0 radical (unpaired) electrons. The highest BCUT2D eigenvalue weighted by atomic mass is 19.4. The number of alkyl halides is 3. The fraction of sp³-hybridized carbons (Fsp3) is 0.444. The molecule has 0 saturated heterocycles. The van der Waals surface area contributed by atoms with E-state index in [2.05, 4.69) is 5.32 Å². The van der Waals surface area contributed by atoms with Crippen LogP contribution in [0, 0.1) is 0 Å². The van der Waals surface area contributed by atoms with Crippen molar-refractivity contribution in [1.29, 1.82) is 0 Å². The van der Waals surface area contributed by atoms with E-state index >= 15 is 0 Å². The molecule has 3 atom stereocenters. The number of benzene rings is 2. The maximum atomic E-state index is 13.3. The molecule has 0 aromatic heterocycles. The Kier molecular flexibility index (Phi) is 9.24. The molecule has 0 bridgehead atoms. The van der Waals surface area contributed by atoms with Gasteiger partial charge in [0.15, 0.2) is 0 Å². The number of hydrogen-bond donors (Lipinski definition) is 2. The summed E-state index contributed by atoms with van der Waals surface area (Å²) in [4.78, 5) is 39.1. The summed E-state index contributed by atoms with van der Waals surface area (Å²) in [6.45, 7) is 4.99. The Bertz CT molecular complexity index is 1090. The summed E-state index contributed by atoms with van der Waals surface area (Å²) < 4.78 is 50.0. The molecule has 3 amide bonds.